The topological polar surface area (TPSA) is 49.4 Å². The van der Waals surface area contributed by atoms with E-state index in [1.165, 1.54) is 23.9 Å². The highest BCUT2D eigenvalue weighted by Gasteiger charge is 2.32. The first-order valence-electron chi connectivity index (χ1n) is 12.8. The Labute approximate surface area is 237 Å². The second-order valence-electron chi connectivity index (χ2n) is 9.54. The molecule has 0 unspecified atom stereocenters. The summed E-state index contributed by atoms with van der Waals surface area (Å²) in [5.74, 6) is 0.0530. The number of carbonyl (C=O) groups is 2. The van der Waals surface area contributed by atoms with E-state index in [9.17, 15) is 14.0 Å². The molecule has 1 N–H and O–H groups in total. The maximum atomic E-state index is 13.8. The summed E-state index contributed by atoms with van der Waals surface area (Å²) in [6, 6.07) is 20.6. The highest BCUT2D eigenvalue weighted by molar-refractivity contribution is 7.99. The van der Waals surface area contributed by atoms with Gasteiger partial charge in [0.05, 0.1) is 5.75 Å². The standard InChI is InChI=1S/C30H31Cl2FN2O2S/c31-26-11-6-12-27(32)25(26)18-35(29(36)20-38-19-22-13-15-23(33)16-14-22)28(17-21-7-2-1-3-8-21)30(37)34-24-9-4-5-10-24/h1-3,6-8,11-16,24,28H,4-5,9-10,17-20H2,(H,34,37)/t28-/m0/s1. The van der Waals surface area contributed by atoms with Gasteiger partial charge in [-0.05, 0) is 48.2 Å². The molecule has 1 atom stereocenters. The van der Waals surface area contributed by atoms with Crippen LogP contribution in [0.2, 0.25) is 10.0 Å². The molecule has 0 radical (unpaired) electrons. The van der Waals surface area contributed by atoms with Gasteiger partial charge in [-0.25, -0.2) is 4.39 Å². The van der Waals surface area contributed by atoms with E-state index in [-0.39, 0.29) is 36.0 Å². The Morgan fingerprint density at radius 3 is 2.24 bits per heavy atom. The van der Waals surface area contributed by atoms with E-state index in [0.717, 1.165) is 36.8 Å². The van der Waals surface area contributed by atoms with E-state index < -0.39 is 6.04 Å². The van der Waals surface area contributed by atoms with E-state index in [1.807, 2.05) is 30.3 Å². The Morgan fingerprint density at radius 1 is 0.921 bits per heavy atom. The lowest BCUT2D eigenvalue weighted by atomic mass is 10.0. The van der Waals surface area contributed by atoms with Crippen molar-refractivity contribution in [1.82, 2.24) is 10.2 Å². The SMILES string of the molecule is O=C(NC1CCCC1)[C@H](Cc1ccccc1)N(Cc1c(Cl)cccc1Cl)C(=O)CSCc1ccc(F)cc1. The van der Waals surface area contributed by atoms with Crippen LogP contribution < -0.4 is 5.32 Å². The fourth-order valence-corrected chi connectivity index (χ4v) is 6.08. The van der Waals surface area contributed by atoms with Gasteiger partial charge in [0.25, 0.3) is 0 Å². The fourth-order valence-electron chi connectivity index (χ4n) is 4.69. The minimum absolute atomic E-state index is 0.115. The van der Waals surface area contributed by atoms with Crippen molar-refractivity contribution in [2.75, 3.05) is 5.75 Å². The molecule has 1 aliphatic carbocycles. The van der Waals surface area contributed by atoms with Crippen LogP contribution in [0.15, 0.2) is 72.8 Å². The highest BCUT2D eigenvalue weighted by atomic mass is 35.5. The molecule has 0 aromatic heterocycles. The molecule has 1 saturated carbocycles. The van der Waals surface area contributed by atoms with Gasteiger partial charge in [-0.1, -0.05) is 84.6 Å². The van der Waals surface area contributed by atoms with Crippen molar-refractivity contribution < 1.29 is 14.0 Å². The molecule has 3 aromatic carbocycles. The number of benzene rings is 3. The molecule has 4 nitrogen and oxygen atoms in total. The van der Waals surface area contributed by atoms with Crippen LogP contribution in [0.1, 0.15) is 42.4 Å². The molecule has 1 fully saturated rings. The number of amides is 2. The van der Waals surface area contributed by atoms with Crippen LogP contribution in [0, 0.1) is 5.82 Å². The molecule has 3 aromatic rings. The largest absolute Gasteiger partial charge is 0.352 e. The molecular weight excluding hydrogens is 542 g/mol. The summed E-state index contributed by atoms with van der Waals surface area (Å²) in [5.41, 5.74) is 2.49. The summed E-state index contributed by atoms with van der Waals surface area (Å²) in [6.45, 7) is 0.115. The summed E-state index contributed by atoms with van der Waals surface area (Å²) in [5, 5.41) is 4.09. The van der Waals surface area contributed by atoms with E-state index in [2.05, 4.69) is 5.32 Å². The average molecular weight is 574 g/mol. The Balaban J connectivity index is 1.59. The molecule has 0 spiro atoms. The summed E-state index contributed by atoms with van der Waals surface area (Å²) in [4.78, 5) is 29.1. The van der Waals surface area contributed by atoms with Crippen LogP contribution in [0.3, 0.4) is 0 Å². The van der Waals surface area contributed by atoms with Crippen molar-refractivity contribution in [2.45, 2.75) is 56.5 Å². The molecule has 0 aliphatic heterocycles. The van der Waals surface area contributed by atoms with Gasteiger partial charge in [0.2, 0.25) is 11.8 Å². The van der Waals surface area contributed by atoms with Crippen LogP contribution in [-0.2, 0) is 28.3 Å². The summed E-state index contributed by atoms with van der Waals surface area (Å²) >= 11 is 14.4. The third-order valence-corrected chi connectivity index (χ3v) is 8.47. The maximum absolute atomic E-state index is 13.8. The van der Waals surface area contributed by atoms with Crippen molar-refractivity contribution in [3.8, 4) is 0 Å². The van der Waals surface area contributed by atoms with Crippen molar-refractivity contribution >= 4 is 46.8 Å². The normalized spacial score (nSPS) is 14.3. The number of thioether (sulfide) groups is 1. The number of hydrogen-bond acceptors (Lipinski definition) is 3. The smallest absolute Gasteiger partial charge is 0.243 e. The van der Waals surface area contributed by atoms with E-state index >= 15 is 0 Å². The van der Waals surface area contributed by atoms with E-state index in [1.54, 1.807) is 35.2 Å². The number of carbonyl (C=O) groups excluding carboxylic acids is 2. The zero-order valence-electron chi connectivity index (χ0n) is 21.0. The van der Waals surface area contributed by atoms with Crippen LogP contribution in [-0.4, -0.2) is 34.6 Å². The molecule has 8 heteroatoms. The van der Waals surface area contributed by atoms with Gasteiger partial charge < -0.3 is 10.2 Å². The van der Waals surface area contributed by atoms with Crippen LogP contribution >= 0.6 is 35.0 Å². The molecule has 0 heterocycles. The minimum atomic E-state index is -0.732. The van der Waals surface area contributed by atoms with Gasteiger partial charge in [-0.3, -0.25) is 9.59 Å². The molecule has 1 aliphatic rings. The lowest BCUT2D eigenvalue weighted by Gasteiger charge is -2.33. The zero-order valence-corrected chi connectivity index (χ0v) is 23.4. The quantitative estimate of drug-likeness (QED) is 0.267. The van der Waals surface area contributed by atoms with Gasteiger partial charge in [-0.15, -0.1) is 11.8 Å². The molecule has 0 bridgehead atoms. The summed E-state index contributed by atoms with van der Waals surface area (Å²) in [7, 11) is 0. The molecule has 0 saturated heterocycles. The molecular formula is C30H31Cl2FN2O2S. The second kappa shape index (κ2) is 14.0. The molecule has 4 rings (SSSR count). The first-order chi connectivity index (χ1) is 18.4. The number of rotatable bonds is 11. The number of nitrogens with one attached hydrogen (secondary N) is 1. The molecule has 2 amide bonds. The Morgan fingerprint density at radius 2 is 1.58 bits per heavy atom. The number of hydrogen-bond donors (Lipinski definition) is 1. The monoisotopic (exact) mass is 572 g/mol. The van der Waals surface area contributed by atoms with Gasteiger partial charge in [-0.2, -0.15) is 0 Å². The predicted octanol–water partition coefficient (Wildman–Crippen LogP) is 7.06. The number of nitrogens with zero attached hydrogens (tertiary/aromatic N) is 1. The lowest BCUT2D eigenvalue weighted by Crippen LogP contribution is -2.52. The van der Waals surface area contributed by atoms with Crippen LogP contribution in [0.4, 0.5) is 4.39 Å². The van der Waals surface area contributed by atoms with Crippen molar-refractivity contribution in [1.29, 1.82) is 0 Å². The molecule has 200 valence electrons. The zero-order chi connectivity index (χ0) is 26.9. The number of halogens is 3. The maximum Gasteiger partial charge on any atom is 0.243 e. The van der Waals surface area contributed by atoms with Crippen molar-refractivity contribution in [2.24, 2.45) is 0 Å². The first-order valence-corrected chi connectivity index (χ1v) is 14.7. The Bertz CT molecular complexity index is 1200. The van der Waals surface area contributed by atoms with Gasteiger partial charge in [0.1, 0.15) is 11.9 Å². The lowest BCUT2D eigenvalue weighted by molar-refractivity contribution is -0.139. The van der Waals surface area contributed by atoms with Gasteiger partial charge >= 0.3 is 0 Å². The average Bonchev–Trinajstić information content (AvgIpc) is 3.42. The van der Waals surface area contributed by atoms with Crippen molar-refractivity contribution in [3.63, 3.8) is 0 Å². The first kappa shape index (κ1) is 28.5. The molecule has 38 heavy (non-hydrogen) atoms. The van der Waals surface area contributed by atoms with Crippen LogP contribution in [0.25, 0.3) is 0 Å². The summed E-state index contributed by atoms with van der Waals surface area (Å²) in [6.07, 6.45) is 4.44. The van der Waals surface area contributed by atoms with Gasteiger partial charge in [0, 0.05) is 40.4 Å². The predicted molar refractivity (Wildman–Crippen MR) is 154 cm³/mol. The third kappa shape index (κ3) is 7.98. The fraction of sp³-hybridized carbons (Fsp3) is 0.333. The third-order valence-electron chi connectivity index (χ3n) is 6.77. The minimum Gasteiger partial charge on any atom is -0.352 e. The summed E-state index contributed by atoms with van der Waals surface area (Å²) < 4.78 is 13.3. The Hall–Kier alpha value is -2.54. The van der Waals surface area contributed by atoms with Crippen LogP contribution in [0.5, 0.6) is 0 Å². The second-order valence-corrected chi connectivity index (χ2v) is 11.3. The Kier molecular flexibility index (Phi) is 10.5. The van der Waals surface area contributed by atoms with E-state index in [4.69, 9.17) is 23.2 Å². The van der Waals surface area contributed by atoms with Gasteiger partial charge in [0.15, 0.2) is 0 Å². The highest BCUT2D eigenvalue weighted by Crippen LogP contribution is 2.28. The van der Waals surface area contributed by atoms with Crippen molar-refractivity contribution in [3.05, 3.63) is 105 Å². The van der Waals surface area contributed by atoms with E-state index in [0.29, 0.717) is 27.8 Å².